The highest BCUT2D eigenvalue weighted by Crippen LogP contribution is 2.64. The van der Waals surface area contributed by atoms with Crippen LogP contribution in [0.15, 0.2) is 377 Å². The van der Waals surface area contributed by atoms with Crippen molar-refractivity contribution in [1.82, 2.24) is 0 Å². The molecule has 0 amide bonds. The fourth-order valence-corrected chi connectivity index (χ4v) is 26.9. The molecule has 7 aliphatic carbocycles. The molecule has 1 aliphatic heterocycles. The van der Waals surface area contributed by atoms with Gasteiger partial charge in [0, 0.05) is 24.0 Å². The quantitative estimate of drug-likeness (QED) is 0.0598. The Balaban J connectivity index is 0.000000118. The van der Waals surface area contributed by atoms with Crippen LogP contribution < -0.4 is 0 Å². The molecule has 1 heterocycles. The van der Waals surface area contributed by atoms with Crippen molar-refractivity contribution in [3.8, 4) is 0 Å². The van der Waals surface area contributed by atoms with E-state index in [0.29, 0.717) is 30.1 Å². The second-order valence-electron chi connectivity index (χ2n) is 31.2. The fraction of sp³-hybridized carbons (Fsp3) is 0.327. The summed E-state index contributed by atoms with van der Waals surface area (Å²) < 4.78 is 109. The van der Waals surface area contributed by atoms with Crippen molar-refractivity contribution in [2.45, 2.75) is 207 Å². The summed E-state index contributed by atoms with van der Waals surface area (Å²) >= 11 is 0. The molecule has 11 aromatic carbocycles. The number of sulfone groups is 1. The van der Waals surface area contributed by atoms with Gasteiger partial charge < -0.3 is 9.47 Å². The molecule has 574 valence electrons. The maximum atomic E-state index is 14.5. The zero-order chi connectivity index (χ0) is 76.8. The van der Waals surface area contributed by atoms with Gasteiger partial charge in [-0.25, -0.2) is 21.6 Å². The number of rotatable bonds is 19. The van der Waals surface area contributed by atoms with E-state index < -0.39 is 51.6 Å². The number of fused-ring (bicyclic) bond motifs is 5. The molecule has 0 spiro atoms. The van der Waals surface area contributed by atoms with Gasteiger partial charge in [-0.05, 0) is 240 Å². The van der Waals surface area contributed by atoms with Crippen molar-refractivity contribution in [3.63, 3.8) is 0 Å². The maximum Gasteiger partial charge on any atom is 0.313 e. The molecule has 0 radical (unpaired) electrons. The molecule has 111 heavy (non-hydrogen) atoms. The molecule has 19 rings (SSSR count). The van der Waals surface area contributed by atoms with Crippen molar-refractivity contribution in [3.05, 3.63) is 339 Å². The first-order valence-corrected chi connectivity index (χ1v) is 45.0. The molecule has 6 atom stereocenters. The molecule has 6 unspecified atom stereocenters. The van der Waals surface area contributed by atoms with Crippen molar-refractivity contribution >= 4 is 42.5 Å². The Hall–Kier alpha value is -8.01. The lowest BCUT2D eigenvalue weighted by molar-refractivity contribution is -0.241. The van der Waals surface area contributed by atoms with E-state index >= 15 is 0 Å². The van der Waals surface area contributed by atoms with Crippen LogP contribution in [0, 0.1) is 40.9 Å². The van der Waals surface area contributed by atoms with E-state index in [2.05, 4.69) is 231 Å². The summed E-state index contributed by atoms with van der Waals surface area (Å²) in [6.07, 6.45) is 15.3. The van der Waals surface area contributed by atoms with Gasteiger partial charge in [0.15, 0.2) is 53.9 Å². The third-order valence-electron chi connectivity index (χ3n) is 23.6. The fourth-order valence-electron chi connectivity index (χ4n) is 18.8. The summed E-state index contributed by atoms with van der Waals surface area (Å²) in [6.45, 7) is 2.28. The Labute approximate surface area is 664 Å². The van der Waals surface area contributed by atoms with E-state index in [0.717, 1.165) is 72.3 Å². The number of ether oxygens (including phenoxy) is 2. The van der Waals surface area contributed by atoms with Gasteiger partial charge in [0.2, 0.25) is 5.79 Å². The van der Waals surface area contributed by atoms with E-state index in [4.69, 9.17) is 9.47 Å². The maximum absolute atomic E-state index is 14.5. The Morgan fingerprint density at radius 1 is 0.405 bits per heavy atom. The first kappa shape index (κ1) is 79.6. The molecule has 11 aromatic rings. The first-order chi connectivity index (χ1) is 54.0. The molecule has 4 nitrogen and oxygen atoms in total. The van der Waals surface area contributed by atoms with Crippen molar-refractivity contribution in [2.24, 2.45) is 40.9 Å². The van der Waals surface area contributed by atoms with Gasteiger partial charge in [-0.2, -0.15) is 8.78 Å². The molecular weight excluding hydrogens is 1460 g/mol. The summed E-state index contributed by atoms with van der Waals surface area (Å²) in [4.78, 5) is 12.2. The highest BCUT2D eigenvalue weighted by molar-refractivity contribution is 7.97. The molecule has 7 saturated carbocycles. The van der Waals surface area contributed by atoms with E-state index in [9.17, 15) is 30.4 Å². The number of halogens is 5. The topological polar surface area (TPSA) is 52.6 Å². The van der Waals surface area contributed by atoms with Crippen LogP contribution in [0.1, 0.15) is 128 Å². The lowest BCUT2D eigenvalue weighted by Crippen LogP contribution is -2.50. The zero-order valence-corrected chi connectivity index (χ0v) is 66.7. The number of hydrogen-bond acceptors (Lipinski definition) is 4. The second kappa shape index (κ2) is 36.4. The minimum Gasteiger partial charge on any atom is -0.336 e. The van der Waals surface area contributed by atoms with Crippen LogP contribution in [0.3, 0.4) is 0 Å². The van der Waals surface area contributed by atoms with Crippen LogP contribution in [0.5, 0.6) is 0 Å². The average Bonchev–Trinajstić information content (AvgIpc) is 1.55. The third-order valence-corrected chi connectivity index (χ3v) is 32.6. The van der Waals surface area contributed by atoms with Gasteiger partial charge >= 0.3 is 11.8 Å². The minimum absolute atomic E-state index is 0.0146. The van der Waals surface area contributed by atoms with Crippen molar-refractivity contribution in [2.75, 3.05) is 0 Å². The number of hydrogen-bond donors (Lipinski definition) is 0. The standard InChI is InChI=1S/C24H25O2S2.C23H22F4O2.2C18H15S.C15H25F/c25-28(26,23-14-8-3-9-15-23)24-18-16-22(17-19-24)27(20-10-4-1-5-11-20)21-12-6-2-7-13-21;1-21(24,25)23(26,27)18-13-14-12-17(18)20-19(14)28-22(29-20,15-8-4-2-5-9-15)16-10-6-3-7-11-16;2*1-4-10-16(11-5-1)19(17-12-6-2-7-13-17)18-14-8-3-9-15-18;1-2-14(16)3-4-15-8-11-5-12(9-15)7-13(6-11)10-15/h1-2,4-7,10-13,16-19,23H,3,8-9,14-15H2;2-11,14,17-20H,12-13H2,1H3;2*1-15H;11-14H,2-10H2,1H3/q+1;;2*+1;. The summed E-state index contributed by atoms with van der Waals surface area (Å²) in [7, 11) is -3.51. The van der Waals surface area contributed by atoms with E-state index in [1.807, 2.05) is 104 Å². The Morgan fingerprint density at radius 2 is 0.712 bits per heavy atom. The number of alkyl halides is 5. The van der Waals surface area contributed by atoms with Gasteiger partial charge in [-0.3, -0.25) is 0 Å². The van der Waals surface area contributed by atoms with E-state index in [1.165, 1.54) is 84.1 Å². The SMILES string of the molecule is CC(F)(F)C(F)(F)C1CC2CC1C1OC(c3ccccc3)(c3ccccc3)OC21.CCC(F)CCC12CC3CC(CC(C3)C1)C2.O=S(=O)(c1ccc([S+](c2ccccc2)c2ccccc2)cc1)C1CCCCC1.c1ccc([S+](c2ccccc2)c2ccccc2)cc1.c1ccc([S+](c2ccccc2)c2ccccc2)cc1. The largest absolute Gasteiger partial charge is 0.336 e. The molecule has 1 saturated heterocycles. The number of benzene rings is 11. The molecule has 8 fully saturated rings. The second-order valence-corrected chi connectivity index (χ2v) is 39.5. The van der Waals surface area contributed by atoms with Crippen LogP contribution in [0.25, 0.3) is 0 Å². The van der Waals surface area contributed by atoms with Gasteiger partial charge in [0.1, 0.15) is 0 Å². The predicted molar refractivity (Wildman–Crippen MR) is 442 cm³/mol. The van der Waals surface area contributed by atoms with Gasteiger partial charge in [-0.1, -0.05) is 232 Å². The Bertz CT molecular complexity index is 4330. The summed E-state index contributed by atoms with van der Waals surface area (Å²) in [5.41, 5.74) is 2.13. The smallest absolute Gasteiger partial charge is 0.313 e. The third kappa shape index (κ3) is 18.6. The van der Waals surface area contributed by atoms with Crippen LogP contribution in [0.4, 0.5) is 22.0 Å². The summed E-state index contributed by atoms with van der Waals surface area (Å²) in [5, 5.41) is -0.214. The first-order valence-electron chi connectivity index (χ1n) is 39.8. The average molecular weight is 1570 g/mol. The summed E-state index contributed by atoms with van der Waals surface area (Å²) in [5.74, 6) is -8.55. The minimum atomic E-state index is -4.06. The normalized spacial score (nSPS) is 23.0. The van der Waals surface area contributed by atoms with Crippen LogP contribution in [-0.2, 0) is 57.8 Å². The van der Waals surface area contributed by atoms with Gasteiger partial charge in [-0.15, -0.1) is 0 Å². The van der Waals surface area contributed by atoms with Crippen LogP contribution >= 0.6 is 0 Å². The molecule has 0 aromatic heterocycles. The lowest BCUT2D eigenvalue weighted by atomic mass is 9.48. The molecule has 13 heteroatoms. The van der Waals surface area contributed by atoms with Crippen LogP contribution in [-0.4, -0.2) is 43.9 Å². The van der Waals surface area contributed by atoms with Gasteiger partial charge in [0.25, 0.3) is 0 Å². The Kier molecular flexibility index (Phi) is 26.1. The van der Waals surface area contributed by atoms with E-state index in [1.54, 1.807) is 0 Å². The molecule has 6 bridgehead atoms. The lowest BCUT2D eigenvalue weighted by Gasteiger charge is -2.57. The highest BCUT2D eigenvalue weighted by atomic mass is 32.2. The molecule has 0 N–H and O–H groups in total. The highest BCUT2D eigenvalue weighted by Gasteiger charge is 2.71. The van der Waals surface area contributed by atoms with Crippen molar-refractivity contribution in [1.29, 1.82) is 0 Å². The summed E-state index contributed by atoms with van der Waals surface area (Å²) in [6, 6.07) is 111. The van der Waals surface area contributed by atoms with Crippen molar-refractivity contribution < 1.29 is 39.8 Å². The monoisotopic (exact) mass is 1570 g/mol. The predicted octanol–water partition coefficient (Wildman–Crippen LogP) is 25.8. The molecule has 8 aliphatic rings. The Morgan fingerprint density at radius 3 is 1.03 bits per heavy atom. The zero-order valence-electron chi connectivity index (χ0n) is 63.4. The van der Waals surface area contributed by atoms with Crippen LogP contribution in [0.2, 0.25) is 0 Å². The van der Waals surface area contributed by atoms with Gasteiger partial charge in [0.05, 0.1) is 61.2 Å². The van der Waals surface area contributed by atoms with E-state index in [-0.39, 0.29) is 56.4 Å². The molecular formula is C98H102F5O4S4+3.